The largest absolute Gasteiger partial charge is 0.304 e. The molecular formula is C18H18BrN3. The van der Waals surface area contributed by atoms with Gasteiger partial charge < -0.3 is 4.57 Å². The summed E-state index contributed by atoms with van der Waals surface area (Å²) in [5.74, 6) is 0. The van der Waals surface area contributed by atoms with E-state index >= 15 is 0 Å². The maximum atomic E-state index is 8.97. The average Bonchev–Trinajstić information content (AvgIpc) is 2.96. The Morgan fingerprint density at radius 1 is 1.36 bits per heavy atom. The van der Waals surface area contributed by atoms with E-state index in [9.17, 15) is 0 Å². The highest BCUT2D eigenvalue weighted by Crippen LogP contribution is 2.40. The summed E-state index contributed by atoms with van der Waals surface area (Å²) < 4.78 is 3.00. The van der Waals surface area contributed by atoms with Gasteiger partial charge in [-0.1, -0.05) is 35.9 Å². The van der Waals surface area contributed by atoms with Crippen molar-refractivity contribution in [2.75, 3.05) is 0 Å². The van der Waals surface area contributed by atoms with E-state index in [2.05, 4.69) is 59.0 Å². The lowest BCUT2D eigenvalue weighted by Crippen LogP contribution is -2.14. The second-order valence-corrected chi connectivity index (χ2v) is 7.45. The maximum absolute atomic E-state index is 8.97. The number of nitriles is 1. The Balaban J connectivity index is 2.06. The molecule has 0 fully saturated rings. The van der Waals surface area contributed by atoms with Crippen molar-refractivity contribution in [2.45, 2.75) is 33.1 Å². The summed E-state index contributed by atoms with van der Waals surface area (Å²) >= 11 is 3.57. The van der Waals surface area contributed by atoms with E-state index in [0.717, 1.165) is 23.0 Å². The average molecular weight is 356 g/mol. The Labute approximate surface area is 139 Å². The van der Waals surface area contributed by atoms with E-state index < -0.39 is 0 Å². The van der Waals surface area contributed by atoms with Gasteiger partial charge >= 0.3 is 0 Å². The van der Waals surface area contributed by atoms with Crippen LogP contribution in [0.4, 0.5) is 0 Å². The molecule has 1 heterocycles. The first-order valence-corrected chi connectivity index (χ1v) is 8.21. The Bertz CT molecular complexity index is 778. The number of aromatic nitrogens is 2. The van der Waals surface area contributed by atoms with Gasteiger partial charge in [0.25, 0.3) is 0 Å². The molecule has 1 aliphatic carbocycles. The van der Waals surface area contributed by atoms with Crippen LogP contribution >= 0.6 is 15.9 Å². The topological polar surface area (TPSA) is 41.6 Å². The summed E-state index contributed by atoms with van der Waals surface area (Å²) in [6, 6.07) is 8.34. The SMILES string of the molecule is CC1(C)CC=C(c2cc(Br)ccc2-n2cnc(C#N)c2)CC1. The molecule has 22 heavy (non-hydrogen) atoms. The monoisotopic (exact) mass is 355 g/mol. The van der Waals surface area contributed by atoms with Crippen molar-refractivity contribution in [1.82, 2.24) is 9.55 Å². The van der Waals surface area contributed by atoms with Crippen molar-refractivity contribution in [3.8, 4) is 11.8 Å². The van der Waals surface area contributed by atoms with Crippen molar-refractivity contribution in [1.29, 1.82) is 5.26 Å². The lowest BCUT2D eigenvalue weighted by molar-refractivity contribution is 0.335. The second-order valence-electron chi connectivity index (χ2n) is 6.54. The predicted octanol–water partition coefficient (Wildman–Crippen LogP) is 5.10. The minimum atomic E-state index is 0.388. The summed E-state index contributed by atoms with van der Waals surface area (Å²) in [5.41, 5.74) is 4.49. The lowest BCUT2D eigenvalue weighted by Gasteiger charge is -2.29. The zero-order valence-corrected chi connectivity index (χ0v) is 14.4. The van der Waals surface area contributed by atoms with Gasteiger partial charge in [-0.2, -0.15) is 5.26 Å². The lowest BCUT2D eigenvalue weighted by atomic mass is 9.77. The highest BCUT2D eigenvalue weighted by atomic mass is 79.9. The fourth-order valence-corrected chi connectivity index (χ4v) is 3.19. The number of hydrogen-bond donors (Lipinski definition) is 0. The quantitative estimate of drug-likeness (QED) is 0.751. The van der Waals surface area contributed by atoms with Crippen molar-refractivity contribution in [2.24, 2.45) is 5.41 Å². The molecule has 0 spiro atoms. The summed E-state index contributed by atoms with van der Waals surface area (Å²) in [4.78, 5) is 4.11. The molecule has 112 valence electrons. The summed E-state index contributed by atoms with van der Waals surface area (Å²) in [6.45, 7) is 4.63. The maximum Gasteiger partial charge on any atom is 0.158 e. The number of imidazole rings is 1. The van der Waals surface area contributed by atoms with E-state index in [1.807, 2.05) is 10.6 Å². The van der Waals surface area contributed by atoms with Gasteiger partial charge in [0, 0.05) is 16.2 Å². The van der Waals surface area contributed by atoms with Gasteiger partial charge in [0.15, 0.2) is 5.69 Å². The first kappa shape index (κ1) is 15.1. The highest BCUT2D eigenvalue weighted by molar-refractivity contribution is 9.10. The molecule has 0 atom stereocenters. The van der Waals surface area contributed by atoms with Crippen LogP contribution in [0.5, 0.6) is 0 Å². The number of benzene rings is 1. The van der Waals surface area contributed by atoms with Gasteiger partial charge in [0.2, 0.25) is 0 Å². The third-order valence-corrected chi connectivity index (χ3v) is 4.75. The molecule has 3 nitrogen and oxygen atoms in total. The zero-order chi connectivity index (χ0) is 15.7. The molecule has 1 aromatic carbocycles. The van der Waals surface area contributed by atoms with Gasteiger partial charge in [0.05, 0.1) is 5.69 Å². The molecule has 3 rings (SSSR count). The van der Waals surface area contributed by atoms with E-state index in [1.165, 1.54) is 17.6 Å². The van der Waals surface area contributed by atoms with Crippen LogP contribution in [0, 0.1) is 16.7 Å². The summed E-state index contributed by atoms with van der Waals surface area (Å²) in [7, 11) is 0. The van der Waals surface area contributed by atoms with E-state index in [4.69, 9.17) is 5.26 Å². The van der Waals surface area contributed by atoms with Gasteiger partial charge in [-0.15, -0.1) is 0 Å². The van der Waals surface area contributed by atoms with Gasteiger partial charge in [-0.05, 0) is 48.4 Å². The van der Waals surface area contributed by atoms with E-state index in [-0.39, 0.29) is 0 Å². The van der Waals surface area contributed by atoms with Gasteiger partial charge in [-0.3, -0.25) is 0 Å². The van der Waals surface area contributed by atoms with Gasteiger partial charge in [-0.25, -0.2) is 4.98 Å². The molecule has 0 radical (unpaired) electrons. The van der Waals surface area contributed by atoms with E-state index in [1.54, 1.807) is 12.5 Å². The standard InChI is InChI=1S/C18H18BrN3/c1-18(2)7-5-13(6-8-18)16-9-14(19)3-4-17(16)22-11-15(10-20)21-12-22/h3-5,9,11-12H,6-8H2,1-2H3. The number of hydrogen-bond acceptors (Lipinski definition) is 2. The number of halogens is 1. The minimum absolute atomic E-state index is 0.388. The predicted molar refractivity (Wildman–Crippen MR) is 91.6 cm³/mol. The molecule has 0 saturated heterocycles. The summed E-state index contributed by atoms with van der Waals surface area (Å²) in [5, 5.41) is 8.97. The molecule has 0 amide bonds. The van der Waals surface area contributed by atoms with Crippen LogP contribution in [0.25, 0.3) is 11.3 Å². The number of rotatable bonds is 2. The third-order valence-electron chi connectivity index (χ3n) is 4.25. The van der Waals surface area contributed by atoms with Crippen LogP contribution in [0.2, 0.25) is 0 Å². The normalized spacial score (nSPS) is 16.9. The fourth-order valence-electron chi connectivity index (χ4n) is 2.82. The zero-order valence-electron chi connectivity index (χ0n) is 12.8. The van der Waals surface area contributed by atoms with Crippen molar-refractivity contribution in [3.05, 3.63) is 52.5 Å². The Hall–Kier alpha value is -1.86. The highest BCUT2D eigenvalue weighted by Gasteiger charge is 2.23. The third kappa shape index (κ3) is 3.00. The van der Waals surface area contributed by atoms with Crippen LogP contribution in [0.1, 0.15) is 44.4 Å². The molecule has 1 aliphatic rings. The van der Waals surface area contributed by atoms with Crippen LogP contribution in [0.3, 0.4) is 0 Å². The molecule has 0 saturated carbocycles. The smallest absolute Gasteiger partial charge is 0.158 e. The molecule has 0 aliphatic heterocycles. The van der Waals surface area contributed by atoms with Crippen LogP contribution < -0.4 is 0 Å². The van der Waals surface area contributed by atoms with Crippen LogP contribution in [-0.4, -0.2) is 9.55 Å². The fraction of sp³-hybridized carbons (Fsp3) is 0.333. The second kappa shape index (κ2) is 5.73. The Morgan fingerprint density at radius 3 is 2.82 bits per heavy atom. The van der Waals surface area contributed by atoms with Crippen molar-refractivity contribution in [3.63, 3.8) is 0 Å². The molecule has 2 aromatic rings. The molecule has 0 unspecified atom stereocenters. The summed E-state index contributed by atoms with van der Waals surface area (Å²) in [6.07, 6.45) is 9.21. The molecule has 1 aromatic heterocycles. The minimum Gasteiger partial charge on any atom is -0.304 e. The molecule has 0 bridgehead atoms. The Morgan fingerprint density at radius 2 is 2.18 bits per heavy atom. The molecular weight excluding hydrogens is 338 g/mol. The molecule has 0 N–H and O–H groups in total. The van der Waals surface area contributed by atoms with Gasteiger partial charge in [0.1, 0.15) is 12.4 Å². The van der Waals surface area contributed by atoms with Crippen molar-refractivity contribution >= 4 is 21.5 Å². The van der Waals surface area contributed by atoms with Crippen LogP contribution in [0.15, 0.2) is 41.3 Å². The van der Waals surface area contributed by atoms with Crippen LogP contribution in [-0.2, 0) is 0 Å². The van der Waals surface area contributed by atoms with E-state index in [0.29, 0.717) is 11.1 Å². The number of allylic oxidation sites excluding steroid dienone is 2. The number of nitrogens with zero attached hydrogens (tertiary/aromatic N) is 3. The first-order chi connectivity index (χ1) is 10.5. The Kier molecular flexibility index (Phi) is 3.92. The first-order valence-electron chi connectivity index (χ1n) is 7.42. The molecule has 4 heteroatoms. The van der Waals surface area contributed by atoms with Crippen molar-refractivity contribution < 1.29 is 0 Å².